The molecular formula is C19H19NO5S. The minimum Gasteiger partial charge on any atom is -0.488 e. The van der Waals surface area contributed by atoms with Crippen LogP contribution in [0.3, 0.4) is 0 Å². The molecule has 0 bridgehead atoms. The second kappa shape index (κ2) is 7.31. The molecule has 2 aromatic rings. The summed E-state index contributed by atoms with van der Waals surface area (Å²) in [6, 6.07) is 14.8. The van der Waals surface area contributed by atoms with E-state index in [2.05, 4.69) is 0 Å². The Balaban J connectivity index is 2.29. The van der Waals surface area contributed by atoms with Gasteiger partial charge in [-0.3, -0.25) is 9.10 Å². The third kappa shape index (κ3) is 3.00. The number of aliphatic hydroxyl groups excluding tert-OH is 1. The maximum absolute atomic E-state index is 13.1. The van der Waals surface area contributed by atoms with E-state index in [1.807, 2.05) is 0 Å². The van der Waals surface area contributed by atoms with Crippen molar-refractivity contribution in [2.24, 2.45) is 0 Å². The van der Waals surface area contributed by atoms with Crippen molar-refractivity contribution in [2.45, 2.75) is 11.8 Å². The van der Waals surface area contributed by atoms with Crippen molar-refractivity contribution in [2.75, 3.05) is 19.8 Å². The predicted molar refractivity (Wildman–Crippen MR) is 96.7 cm³/mol. The van der Waals surface area contributed by atoms with E-state index in [1.54, 1.807) is 55.5 Å². The number of hydrogen-bond donors (Lipinski definition) is 1. The van der Waals surface area contributed by atoms with Crippen LogP contribution in [0.15, 0.2) is 65.2 Å². The van der Waals surface area contributed by atoms with Crippen molar-refractivity contribution in [1.29, 1.82) is 0 Å². The molecule has 1 aliphatic rings. The van der Waals surface area contributed by atoms with Gasteiger partial charge in [0.2, 0.25) is 5.78 Å². The molecule has 1 N–H and O–H groups in total. The molecule has 7 heteroatoms. The molecule has 6 nitrogen and oxygen atoms in total. The number of rotatable bonds is 6. The molecule has 0 atom stereocenters. The molecule has 0 aromatic heterocycles. The number of carbonyl (C=O) groups excluding carboxylic acids is 1. The monoisotopic (exact) mass is 373 g/mol. The van der Waals surface area contributed by atoms with Gasteiger partial charge in [-0.05, 0) is 19.1 Å². The Kier molecular flexibility index (Phi) is 5.11. The van der Waals surface area contributed by atoms with Crippen LogP contribution in [-0.4, -0.2) is 43.4 Å². The standard InChI is InChI=1S/C19H19NO5S/c1-2-20-17(18(22)14-8-4-3-5-9-14)19(25-13-12-21)15-10-6-7-11-16(15)26(20,23)24/h3-11,21H,2,12-13H2,1H3. The molecule has 0 spiro atoms. The Morgan fingerprint density at radius 2 is 1.73 bits per heavy atom. The van der Waals surface area contributed by atoms with Crippen molar-refractivity contribution >= 4 is 21.6 Å². The highest BCUT2D eigenvalue weighted by atomic mass is 32.2. The van der Waals surface area contributed by atoms with Crippen LogP contribution < -0.4 is 0 Å². The summed E-state index contributed by atoms with van der Waals surface area (Å²) in [5.41, 5.74) is 0.649. The van der Waals surface area contributed by atoms with Gasteiger partial charge in [-0.15, -0.1) is 0 Å². The van der Waals surface area contributed by atoms with Crippen molar-refractivity contribution in [3.63, 3.8) is 0 Å². The first kappa shape index (κ1) is 18.2. The number of likely N-dealkylation sites (N-methyl/N-ethyl adjacent to an activating group) is 1. The first-order valence-corrected chi connectivity index (χ1v) is 9.66. The Bertz CT molecular complexity index is 951. The van der Waals surface area contributed by atoms with Gasteiger partial charge >= 0.3 is 0 Å². The summed E-state index contributed by atoms with van der Waals surface area (Å²) in [5.74, 6) is -0.279. The lowest BCUT2D eigenvalue weighted by Crippen LogP contribution is -2.38. The zero-order valence-corrected chi connectivity index (χ0v) is 15.1. The number of ketones is 1. The molecule has 0 saturated carbocycles. The molecule has 0 aliphatic carbocycles. The van der Waals surface area contributed by atoms with Crippen molar-refractivity contribution in [1.82, 2.24) is 4.31 Å². The topological polar surface area (TPSA) is 83.9 Å². The molecule has 0 radical (unpaired) electrons. The Labute approximate surface area is 152 Å². The Morgan fingerprint density at radius 1 is 1.08 bits per heavy atom. The quantitative estimate of drug-likeness (QED) is 0.786. The van der Waals surface area contributed by atoms with Crippen molar-refractivity contribution < 1.29 is 23.1 Å². The van der Waals surface area contributed by atoms with Gasteiger partial charge in [0.05, 0.1) is 11.5 Å². The minimum atomic E-state index is -3.88. The van der Waals surface area contributed by atoms with Gasteiger partial charge in [0.1, 0.15) is 12.3 Å². The largest absolute Gasteiger partial charge is 0.488 e. The van der Waals surface area contributed by atoms with Crippen LogP contribution in [0.2, 0.25) is 0 Å². The summed E-state index contributed by atoms with van der Waals surface area (Å²) in [5, 5.41) is 9.15. The number of allylic oxidation sites excluding steroid dienone is 1. The second-order valence-electron chi connectivity index (χ2n) is 5.61. The number of aliphatic hydroxyl groups is 1. The minimum absolute atomic E-state index is 0.0363. The fraction of sp³-hybridized carbons (Fsp3) is 0.211. The van der Waals surface area contributed by atoms with Crippen LogP contribution in [0.25, 0.3) is 5.76 Å². The molecule has 3 rings (SSSR count). The zero-order valence-electron chi connectivity index (χ0n) is 14.3. The highest BCUT2D eigenvalue weighted by Gasteiger charge is 2.40. The van der Waals surface area contributed by atoms with Crippen molar-refractivity contribution in [3.8, 4) is 0 Å². The predicted octanol–water partition coefficient (Wildman–Crippen LogP) is 2.27. The first-order valence-electron chi connectivity index (χ1n) is 8.22. The van der Waals surface area contributed by atoms with Crippen LogP contribution in [0, 0.1) is 0 Å². The number of benzene rings is 2. The lowest BCUT2D eigenvalue weighted by atomic mass is 10.0. The smallest absolute Gasteiger partial charge is 0.265 e. The van der Waals surface area contributed by atoms with E-state index in [0.717, 1.165) is 4.31 Å². The number of hydrogen-bond acceptors (Lipinski definition) is 5. The number of fused-ring (bicyclic) bond motifs is 1. The third-order valence-corrected chi connectivity index (χ3v) is 5.97. The van der Waals surface area contributed by atoms with Gasteiger partial charge < -0.3 is 9.84 Å². The number of carbonyl (C=O) groups is 1. The number of ether oxygens (including phenoxy) is 1. The highest BCUT2D eigenvalue weighted by molar-refractivity contribution is 7.89. The Morgan fingerprint density at radius 3 is 2.38 bits per heavy atom. The zero-order chi connectivity index (χ0) is 18.7. The van der Waals surface area contributed by atoms with Gasteiger partial charge in [-0.2, -0.15) is 0 Å². The van der Waals surface area contributed by atoms with Crippen LogP contribution in [0.1, 0.15) is 22.8 Å². The lowest BCUT2D eigenvalue weighted by Gasteiger charge is -2.32. The van der Waals surface area contributed by atoms with E-state index in [4.69, 9.17) is 9.84 Å². The number of Topliss-reactive ketones (excluding diaryl/α,β-unsaturated/α-hetero) is 1. The molecule has 0 saturated heterocycles. The summed E-state index contributed by atoms with van der Waals surface area (Å²) in [6.07, 6.45) is 0. The lowest BCUT2D eigenvalue weighted by molar-refractivity contribution is 0.100. The van der Waals surface area contributed by atoms with E-state index < -0.39 is 15.8 Å². The van der Waals surface area contributed by atoms with Crippen LogP contribution >= 0.6 is 0 Å². The van der Waals surface area contributed by atoms with Gasteiger partial charge in [0.15, 0.2) is 5.76 Å². The van der Waals surface area contributed by atoms with E-state index in [1.165, 1.54) is 6.07 Å². The first-order chi connectivity index (χ1) is 12.5. The number of sulfonamides is 1. The molecule has 26 heavy (non-hydrogen) atoms. The van der Waals surface area contributed by atoms with Gasteiger partial charge in [0, 0.05) is 17.7 Å². The maximum atomic E-state index is 13.1. The molecule has 136 valence electrons. The average Bonchev–Trinajstić information content (AvgIpc) is 2.67. The summed E-state index contributed by atoms with van der Waals surface area (Å²) in [4.78, 5) is 13.2. The second-order valence-corrected chi connectivity index (χ2v) is 7.44. The normalized spacial score (nSPS) is 15.5. The summed E-state index contributed by atoms with van der Waals surface area (Å²) >= 11 is 0. The van der Waals surface area contributed by atoms with Gasteiger partial charge in [-0.1, -0.05) is 42.5 Å². The molecule has 0 unspecified atom stereocenters. The summed E-state index contributed by atoms with van der Waals surface area (Å²) in [7, 11) is -3.88. The average molecular weight is 373 g/mol. The van der Waals surface area contributed by atoms with E-state index >= 15 is 0 Å². The maximum Gasteiger partial charge on any atom is 0.265 e. The molecule has 1 heterocycles. The van der Waals surface area contributed by atoms with E-state index in [-0.39, 0.29) is 36.1 Å². The fourth-order valence-electron chi connectivity index (χ4n) is 2.92. The van der Waals surface area contributed by atoms with Gasteiger partial charge in [0.25, 0.3) is 10.0 Å². The van der Waals surface area contributed by atoms with Gasteiger partial charge in [-0.25, -0.2) is 8.42 Å². The molecule has 2 aromatic carbocycles. The fourth-order valence-corrected chi connectivity index (χ4v) is 4.60. The summed E-state index contributed by atoms with van der Waals surface area (Å²) < 4.78 is 32.8. The highest BCUT2D eigenvalue weighted by Crippen LogP contribution is 2.38. The molecular weight excluding hydrogens is 354 g/mol. The molecule has 0 amide bonds. The van der Waals surface area contributed by atoms with Crippen LogP contribution in [-0.2, 0) is 14.8 Å². The third-order valence-electron chi connectivity index (χ3n) is 4.04. The van der Waals surface area contributed by atoms with Crippen LogP contribution in [0.5, 0.6) is 0 Å². The summed E-state index contributed by atoms with van der Waals surface area (Å²) in [6.45, 7) is 1.44. The number of nitrogens with zero attached hydrogens (tertiary/aromatic N) is 1. The van der Waals surface area contributed by atoms with Crippen LogP contribution in [0.4, 0.5) is 0 Å². The van der Waals surface area contributed by atoms with E-state index in [0.29, 0.717) is 11.1 Å². The van der Waals surface area contributed by atoms with E-state index in [9.17, 15) is 13.2 Å². The molecule has 1 aliphatic heterocycles. The SMILES string of the molecule is CCN1C(C(=O)c2ccccc2)=C(OCCO)c2ccccc2S1(=O)=O. The molecule has 0 fully saturated rings. The van der Waals surface area contributed by atoms with Crippen molar-refractivity contribution in [3.05, 3.63) is 71.4 Å². The Hall–Kier alpha value is -2.64.